The zero-order chi connectivity index (χ0) is 15.0. The predicted molar refractivity (Wildman–Crippen MR) is 82.2 cm³/mol. The molecule has 0 aliphatic carbocycles. The highest BCUT2D eigenvalue weighted by atomic mass is 16.5. The van der Waals surface area contributed by atoms with Crippen LogP contribution < -0.4 is 0 Å². The monoisotopic (exact) mass is 280 g/mol. The number of nitrogens with zero attached hydrogens (tertiary/aromatic N) is 2. The Morgan fingerprint density at radius 2 is 1.86 bits per heavy atom. The lowest BCUT2D eigenvalue weighted by molar-refractivity contribution is 0.0601. The topological polar surface area (TPSA) is 44.1 Å². The van der Waals surface area contributed by atoms with E-state index in [1.54, 1.807) is 12.1 Å². The summed E-state index contributed by atoms with van der Waals surface area (Å²) >= 11 is 0. The van der Waals surface area contributed by atoms with E-state index in [0.29, 0.717) is 5.56 Å². The molecule has 0 spiro atoms. The van der Waals surface area contributed by atoms with Gasteiger partial charge in [-0.05, 0) is 25.1 Å². The van der Waals surface area contributed by atoms with Crippen LogP contribution in [-0.2, 0) is 11.8 Å². The number of carbonyl (C=O) groups is 1. The second kappa shape index (κ2) is 5.05. The molecule has 3 rings (SSSR count). The van der Waals surface area contributed by atoms with Crippen molar-refractivity contribution in [3.8, 4) is 11.4 Å². The molecule has 0 radical (unpaired) electrons. The summed E-state index contributed by atoms with van der Waals surface area (Å²) in [6, 6.07) is 13.7. The summed E-state index contributed by atoms with van der Waals surface area (Å²) < 4.78 is 6.78. The molecule has 1 heterocycles. The van der Waals surface area contributed by atoms with Crippen LogP contribution in [0.4, 0.5) is 0 Å². The average molecular weight is 280 g/mol. The molecule has 0 N–H and O–H groups in total. The molecule has 0 amide bonds. The molecule has 0 aliphatic rings. The Morgan fingerprint density at radius 1 is 1.14 bits per heavy atom. The third kappa shape index (κ3) is 2.29. The minimum Gasteiger partial charge on any atom is -0.465 e. The van der Waals surface area contributed by atoms with Crippen LogP contribution in [0.1, 0.15) is 15.9 Å². The molecule has 0 saturated carbocycles. The number of benzene rings is 2. The highest BCUT2D eigenvalue weighted by Gasteiger charge is 2.12. The largest absolute Gasteiger partial charge is 0.465 e. The number of fused-ring (bicyclic) bond motifs is 1. The molecular weight excluding hydrogens is 264 g/mol. The van der Waals surface area contributed by atoms with Gasteiger partial charge >= 0.3 is 5.97 Å². The first-order valence-electron chi connectivity index (χ1n) is 6.72. The minimum atomic E-state index is -0.348. The number of aryl methyl sites for hydroxylation is 2. The van der Waals surface area contributed by atoms with Crippen LogP contribution in [0.25, 0.3) is 22.4 Å². The summed E-state index contributed by atoms with van der Waals surface area (Å²) in [5, 5.41) is 0. The van der Waals surface area contributed by atoms with E-state index in [-0.39, 0.29) is 5.97 Å². The van der Waals surface area contributed by atoms with Gasteiger partial charge in [0.1, 0.15) is 5.82 Å². The van der Waals surface area contributed by atoms with Gasteiger partial charge in [0, 0.05) is 12.6 Å². The first kappa shape index (κ1) is 13.4. The number of imidazole rings is 1. The zero-order valence-electron chi connectivity index (χ0n) is 12.3. The van der Waals surface area contributed by atoms with Gasteiger partial charge in [0.25, 0.3) is 0 Å². The Hall–Kier alpha value is -2.62. The van der Waals surface area contributed by atoms with Crippen molar-refractivity contribution in [2.45, 2.75) is 6.92 Å². The van der Waals surface area contributed by atoms with Crippen LogP contribution in [0.3, 0.4) is 0 Å². The molecule has 21 heavy (non-hydrogen) atoms. The standard InChI is InChI=1S/C17H16N2O2/c1-11-4-6-12(7-5-11)16-18-14-10-13(17(20)21-3)8-9-15(14)19(16)2/h4-10H,1-3H3. The van der Waals surface area contributed by atoms with Gasteiger partial charge in [0.2, 0.25) is 0 Å². The minimum absolute atomic E-state index is 0.348. The van der Waals surface area contributed by atoms with E-state index in [1.165, 1.54) is 12.7 Å². The van der Waals surface area contributed by atoms with E-state index >= 15 is 0 Å². The van der Waals surface area contributed by atoms with Crippen molar-refractivity contribution >= 4 is 17.0 Å². The number of rotatable bonds is 2. The van der Waals surface area contributed by atoms with E-state index in [9.17, 15) is 4.79 Å². The number of methoxy groups -OCH3 is 1. The third-order valence-corrected chi connectivity index (χ3v) is 3.61. The van der Waals surface area contributed by atoms with E-state index in [2.05, 4.69) is 36.2 Å². The number of hydrogen-bond acceptors (Lipinski definition) is 3. The fourth-order valence-electron chi connectivity index (χ4n) is 2.41. The molecule has 106 valence electrons. The maximum atomic E-state index is 11.6. The quantitative estimate of drug-likeness (QED) is 0.676. The van der Waals surface area contributed by atoms with Crippen molar-refractivity contribution in [2.24, 2.45) is 7.05 Å². The average Bonchev–Trinajstić information content (AvgIpc) is 2.84. The molecule has 4 nitrogen and oxygen atoms in total. The van der Waals surface area contributed by atoms with Crippen LogP contribution >= 0.6 is 0 Å². The van der Waals surface area contributed by atoms with Crippen molar-refractivity contribution in [1.29, 1.82) is 0 Å². The smallest absolute Gasteiger partial charge is 0.337 e. The number of ether oxygens (including phenoxy) is 1. The highest BCUT2D eigenvalue weighted by Crippen LogP contribution is 2.24. The maximum Gasteiger partial charge on any atom is 0.337 e. The van der Waals surface area contributed by atoms with Gasteiger partial charge in [0.15, 0.2) is 0 Å². The number of hydrogen-bond donors (Lipinski definition) is 0. The summed E-state index contributed by atoms with van der Waals surface area (Å²) in [7, 11) is 3.35. The van der Waals surface area contributed by atoms with Gasteiger partial charge < -0.3 is 9.30 Å². The first-order valence-corrected chi connectivity index (χ1v) is 6.72. The zero-order valence-corrected chi connectivity index (χ0v) is 12.3. The molecule has 0 bridgehead atoms. The number of aromatic nitrogens is 2. The summed E-state index contributed by atoms with van der Waals surface area (Å²) in [5.74, 6) is 0.534. The molecule has 0 fully saturated rings. The molecule has 2 aromatic carbocycles. The van der Waals surface area contributed by atoms with Crippen LogP contribution in [0.15, 0.2) is 42.5 Å². The normalized spacial score (nSPS) is 10.8. The Balaban J connectivity index is 2.14. The van der Waals surface area contributed by atoms with Crippen LogP contribution in [0.5, 0.6) is 0 Å². The Kier molecular flexibility index (Phi) is 3.22. The van der Waals surface area contributed by atoms with Gasteiger partial charge in [-0.1, -0.05) is 29.8 Å². The Labute approximate surface area is 123 Å². The fraction of sp³-hybridized carbons (Fsp3) is 0.176. The van der Waals surface area contributed by atoms with Gasteiger partial charge in [-0.3, -0.25) is 0 Å². The molecule has 0 saturated heterocycles. The Bertz CT molecular complexity index is 817. The highest BCUT2D eigenvalue weighted by molar-refractivity contribution is 5.94. The molecular formula is C17H16N2O2. The molecule has 4 heteroatoms. The van der Waals surface area contributed by atoms with Crippen molar-refractivity contribution in [1.82, 2.24) is 9.55 Å². The van der Waals surface area contributed by atoms with Crippen LogP contribution in [0.2, 0.25) is 0 Å². The van der Waals surface area contributed by atoms with Crippen molar-refractivity contribution < 1.29 is 9.53 Å². The summed E-state index contributed by atoms with van der Waals surface area (Å²) in [5.41, 5.74) is 4.55. The van der Waals surface area contributed by atoms with Crippen molar-refractivity contribution in [3.63, 3.8) is 0 Å². The Morgan fingerprint density at radius 3 is 2.52 bits per heavy atom. The van der Waals surface area contributed by atoms with E-state index in [4.69, 9.17) is 4.74 Å². The van der Waals surface area contributed by atoms with Crippen molar-refractivity contribution in [3.05, 3.63) is 53.6 Å². The lowest BCUT2D eigenvalue weighted by Crippen LogP contribution is -2.00. The van der Waals surface area contributed by atoms with Crippen LogP contribution in [-0.4, -0.2) is 22.6 Å². The lowest BCUT2D eigenvalue weighted by Gasteiger charge is -2.03. The summed E-state index contributed by atoms with van der Waals surface area (Å²) in [6.45, 7) is 2.06. The van der Waals surface area contributed by atoms with E-state index < -0.39 is 0 Å². The van der Waals surface area contributed by atoms with Gasteiger partial charge in [-0.25, -0.2) is 9.78 Å². The number of esters is 1. The van der Waals surface area contributed by atoms with Gasteiger partial charge in [-0.15, -0.1) is 0 Å². The molecule has 0 atom stereocenters. The second-order valence-corrected chi connectivity index (χ2v) is 5.06. The SMILES string of the molecule is COC(=O)c1ccc2c(c1)nc(-c1ccc(C)cc1)n2C. The van der Waals surface area contributed by atoms with Gasteiger partial charge in [0.05, 0.1) is 23.7 Å². The third-order valence-electron chi connectivity index (χ3n) is 3.61. The summed E-state index contributed by atoms with van der Waals surface area (Å²) in [6.07, 6.45) is 0. The molecule has 3 aromatic rings. The second-order valence-electron chi connectivity index (χ2n) is 5.06. The van der Waals surface area contributed by atoms with E-state index in [1.807, 2.05) is 17.7 Å². The molecule has 1 aromatic heterocycles. The molecule has 0 aliphatic heterocycles. The maximum absolute atomic E-state index is 11.6. The van der Waals surface area contributed by atoms with E-state index in [0.717, 1.165) is 22.4 Å². The summed E-state index contributed by atoms with van der Waals surface area (Å²) in [4.78, 5) is 16.2. The number of carbonyl (C=O) groups excluding carboxylic acids is 1. The molecule has 0 unspecified atom stereocenters. The fourth-order valence-corrected chi connectivity index (χ4v) is 2.41. The first-order chi connectivity index (χ1) is 10.1. The van der Waals surface area contributed by atoms with Crippen molar-refractivity contribution in [2.75, 3.05) is 7.11 Å². The van der Waals surface area contributed by atoms with Gasteiger partial charge in [-0.2, -0.15) is 0 Å². The van der Waals surface area contributed by atoms with Crippen LogP contribution in [0, 0.1) is 6.92 Å². The predicted octanol–water partition coefficient (Wildman–Crippen LogP) is 3.34. The lowest BCUT2D eigenvalue weighted by atomic mass is 10.1.